The second-order valence-corrected chi connectivity index (χ2v) is 6.84. The van der Waals surface area contributed by atoms with Gasteiger partial charge in [0.2, 0.25) is 0 Å². The van der Waals surface area contributed by atoms with E-state index in [-0.39, 0.29) is 0 Å². The van der Waals surface area contributed by atoms with E-state index < -0.39 is 0 Å². The van der Waals surface area contributed by atoms with Crippen LogP contribution in [0.25, 0.3) is 16.3 Å². The summed E-state index contributed by atoms with van der Waals surface area (Å²) in [7, 11) is 0. The number of rotatable bonds is 4. The Morgan fingerprint density at radius 1 is 1.24 bits per heavy atom. The summed E-state index contributed by atoms with van der Waals surface area (Å²) in [5.74, 6) is 0.696. The van der Waals surface area contributed by atoms with Crippen molar-refractivity contribution in [3.63, 3.8) is 0 Å². The summed E-state index contributed by atoms with van der Waals surface area (Å²) in [5.41, 5.74) is 3.86. The van der Waals surface area contributed by atoms with E-state index in [0.717, 1.165) is 6.42 Å². The van der Waals surface area contributed by atoms with Gasteiger partial charge in [0.15, 0.2) is 0 Å². The minimum absolute atomic E-state index is 0.696. The highest BCUT2D eigenvalue weighted by Gasteiger charge is 2.27. The lowest BCUT2D eigenvalue weighted by Crippen LogP contribution is -2.02. The normalized spacial score (nSPS) is 15.1. The first kappa shape index (κ1) is 13.3. The molecule has 0 N–H and O–H groups in total. The Balaban J connectivity index is 2.03. The van der Waals surface area contributed by atoms with Crippen LogP contribution in [0.5, 0.6) is 0 Å². The zero-order valence-corrected chi connectivity index (χ0v) is 13.9. The molecule has 0 bridgehead atoms. The standard InChI is InChI=1S/C18H19BrN2/c1-2-3-8-16-18(19)14-7-5-4-6-13(14)17-11-15(12-9-10-12)20-21(16)17/h4-7,11-12H,2-3,8-10H2,1H3. The van der Waals surface area contributed by atoms with E-state index in [1.54, 1.807) is 0 Å². The molecule has 1 aromatic carbocycles. The molecule has 1 saturated carbocycles. The second kappa shape index (κ2) is 5.13. The molecule has 2 heterocycles. The lowest BCUT2D eigenvalue weighted by atomic mass is 10.1. The van der Waals surface area contributed by atoms with Gasteiger partial charge < -0.3 is 0 Å². The molecule has 1 aliphatic rings. The van der Waals surface area contributed by atoms with Gasteiger partial charge in [0.1, 0.15) is 0 Å². The molecule has 0 saturated heterocycles. The van der Waals surface area contributed by atoms with Crippen LogP contribution in [0.4, 0.5) is 0 Å². The molecule has 0 aliphatic heterocycles. The predicted octanol–water partition coefficient (Wildman–Crippen LogP) is 5.47. The van der Waals surface area contributed by atoms with E-state index >= 15 is 0 Å². The van der Waals surface area contributed by atoms with Crippen LogP contribution in [0.3, 0.4) is 0 Å². The molecule has 0 radical (unpaired) electrons. The Morgan fingerprint density at radius 2 is 2.00 bits per heavy atom. The number of fused-ring (bicyclic) bond motifs is 3. The summed E-state index contributed by atoms with van der Waals surface area (Å²) in [6.07, 6.45) is 6.08. The summed E-state index contributed by atoms with van der Waals surface area (Å²) in [5, 5.41) is 7.52. The number of aryl methyl sites for hydroxylation is 1. The third-order valence-corrected chi connectivity index (χ3v) is 5.32. The van der Waals surface area contributed by atoms with Gasteiger partial charge in [-0.15, -0.1) is 0 Å². The number of pyridine rings is 1. The van der Waals surface area contributed by atoms with Gasteiger partial charge >= 0.3 is 0 Å². The third kappa shape index (κ3) is 2.18. The van der Waals surface area contributed by atoms with Crippen molar-refractivity contribution in [2.75, 3.05) is 0 Å². The first-order valence-electron chi connectivity index (χ1n) is 7.88. The third-order valence-electron chi connectivity index (χ3n) is 4.44. The highest BCUT2D eigenvalue weighted by molar-refractivity contribution is 9.10. The number of halogens is 1. The maximum atomic E-state index is 4.93. The SMILES string of the molecule is CCCCc1c(Br)c2ccccc2c2cc(C3CC3)nn12. The first-order chi connectivity index (χ1) is 10.3. The van der Waals surface area contributed by atoms with Crippen molar-refractivity contribution >= 4 is 32.2 Å². The van der Waals surface area contributed by atoms with Crippen molar-refractivity contribution < 1.29 is 0 Å². The Hall–Kier alpha value is -1.35. The second-order valence-electron chi connectivity index (χ2n) is 6.05. The van der Waals surface area contributed by atoms with E-state index in [2.05, 4.69) is 57.7 Å². The quantitative estimate of drug-likeness (QED) is 0.614. The summed E-state index contributed by atoms with van der Waals surface area (Å²) in [6, 6.07) is 11.0. The Bertz CT molecular complexity index is 815. The Labute approximate surface area is 133 Å². The molecule has 0 spiro atoms. The highest BCUT2D eigenvalue weighted by atomic mass is 79.9. The lowest BCUT2D eigenvalue weighted by Gasteiger charge is -2.11. The summed E-state index contributed by atoms with van der Waals surface area (Å²) in [6.45, 7) is 2.24. The molecule has 2 nitrogen and oxygen atoms in total. The van der Waals surface area contributed by atoms with Crippen molar-refractivity contribution in [1.29, 1.82) is 0 Å². The molecule has 0 amide bonds. The van der Waals surface area contributed by atoms with Crippen molar-refractivity contribution in [2.45, 2.75) is 44.9 Å². The van der Waals surface area contributed by atoms with Gasteiger partial charge in [-0.25, -0.2) is 4.52 Å². The summed E-state index contributed by atoms with van der Waals surface area (Å²) < 4.78 is 3.40. The molecular weight excluding hydrogens is 324 g/mol. The number of hydrogen-bond acceptors (Lipinski definition) is 1. The average molecular weight is 343 g/mol. The van der Waals surface area contributed by atoms with Gasteiger partial charge in [0.05, 0.1) is 16.9 Å². The van der Waals surface area contributed by atoms with Gasteiger partial charge in [0, 0.05) is 15.8 Å². The van der Waals surface area contributed by atoms with Gasteiger partial charge in [-0.05, 0) is 53.1 Å². The van der Waals surface area contributed by atoms with Crippen molar-refractivity contribution in [3.05, 3.63) is 46.2 Å². The Morgan fingerprint density at radius 3 is 2.71 bits per heavy atom. The number of hydrogen-bond donors (Lipinski definition) is 0. The smallest absolute Gasteiger partial charge is 0.0747 e. The zero-order valence-electron chi connectivity index (χ0n) is 12.3. The first-order valence-corrected chi connectivity index (χ1v) is 8.67. The highest BCUT2D eigenvalue weighted by Crippen LogP contribution is 2.41. The van der Waals surface area contributed by atoms with Gasteiger partial charge in [-0.2, -0.15) is 5.10 Å². The van der Waals surface area contributed by atoms with Crippen LogP contribution in [0.15, 0.2) is 34.8 Å². The minimum atomic E-state index is 0.696. The van der Waals surface area contributed by atoms with Crippen molar-refractivity contribution in [2.24, 2.45) is 0 Å². The van der Waals surface area contributed by atoms with Gasteiger partial charge in [-0.3, -0.25) is 0 Å². The fourth-order valence-corrected chi connectivity index (χ4v) is 3.79. The Kier molecular flexibility index (Phi) is 3.26. The van der Waals surface area contributed by atoms with Gasteiger partial charge in [-0.1, -0.05) is 37.6 Å². The average Bonchev–Trinajstić information content (AvgIpc) is 3.27. The largest absolute Gasteiger partial charge is 0.236 e. The molecule has 3 heteroatoms. The molecular formula is C18H19BrN2. The number of nitrogens with zero attached hydrogens (tertiary/aromatic N) is 2. The van der Waals surface area contributed by atoms with Crippen molar-refractivity contribution in [3.8, 4) is 0 Å². The molecule has 0 unspecified atom stereocenters. The van der Waals surface area contributed by atoms with Crippen LogP contribution >= 0.6 is 15.9 Å². The van der Waals surface area contributed by atoms with Crippen molar-refractivity contribution in [1.82, 2.24) is 9.61 Å². The lowest BCUT2D eigenvalue weighted by molar-refractivity contribution is 0.735. The number of aromatic nitrogens is 2. The maximum Gasteiger partial charge on any atom is 0.0747 e. The molecule has 1 aliphatic carbocycles. The topological polar surface area (TPSA) is 17.3 Å². The fourth-order valence-electron chi connectivity index (χ4n) is 3.08. The van der Waals surface area contributed by atoms with Crippen LogP contribution in [0.2, 0.25) is 0 Å². The van der Waals surface area contributed by atoms with Crippen LogP contribution in [-0.4, -0.2) is 9.61 Å². The molecule has 21 heavy (non-hydrogen) atoms. The van der Waals surface area contributed by atoms with E-state index in [4.69, 9.17) is 5.10 Å². The summed E-state index contributed by atoms with van der Waals surface area (Å²) in [4.78, 5) is 0. The van der Waals surface area contributed by atoms with Crippen LogP contribution in [0, 0.1) is 0 Å². The van der Waals surface area contributed by atoms with Gasteiger partial charge in [0.25, 0.3) is 0 Å². The van der Waals surface area contributed by atoms with E-state index in [1.165, 1.54) is 57.8 Å². The molecule has 108 valence electrons. The van der Waals surface area contributed by atoms with Crippen LogP contribution < -0.4 is 0 Å². The van der Waals surface area contributed by atoms with E-state index in [9.17, 15) is 0 Å². The maximum absolute atomic E-state index is 4.93. The van der Waals surface area contributed by atoms with Crippen LogP contribution in [-0.2, 0) is 6.42 Å². The number of unbranched alkanes of at least 4 members (excludes halogenated alkanes) is 1. The molecule has 2 aromatic heterocycles. The number of benzene rings is 1. The molecule has 1 fully saturated rings. The fraction of sp³-hybridized carbons (Fsp3) is 0.389. The molecule has 3 aromatic rings. The molecule has 0 atom stereocenters. The molecule has 4 rings (SSSR count). The summed E-state index contributed by atoms with van der Waals surface area (Å²) >= 11 is 3.83. The monoisotopic (exact) mass is 342 g/mol. The van der Waals surface area contributed by atoms with E-state index in [0.29, 0.717) is 5.92 Å². The minimum Gasteiger partial charge on any atom is -0.236 e. The predicted molar refractivity (Wildman–Crippen MR) is 91.0 cm³/mol. The zero-order chi connectivity index (χ0) is 14.4. The van der Waals surface area contributed by atoms with Crippen LogP contribution in [0.1, 0.15) is 49.9 Å². The van der Waals surface area contributed by atoms with E-state index in [1.807, 2.05) is 0 Å².